The van der Waals surface area contributed by atoms with Gasteiger partial charge in [-0.05, 0) is 38.6 Å². The maximum Gasteiger partial charge on any atom is 0.0605 e. The zero-order valence-corrected chi connectivity index (χ0v) is 10.4. The summed E-state index contributed by atoms with van der Waals surface area (Å²) in [5.41, 5.74) is 9.42. The van der Waals surface area contributed by atoms with E-state index in [1.807, 2.05) is 6.07 Å². The number of aryl methyl sites for hydroxylation is 1. The first-order chi connectivity index (χ1) is 7.58. The lowest BCUT2D eigenvalue weighted by Crippen LogP contribution is -2.50. The molecule has 1 aromatic carbocycles. The van der Waals surface area contributed by atoms with Gasteiger partial charge in [-0.3, -0.25) is 0 Å². The predicted octanol–water partition coefficient (Wildman–Crippen LogP) is 1.72. The SMILES string of the molecule is Cc1ccc(N)c(N2CCN(C)CC2C)c1. The molecule has 1 unspecified atom stereocenters. The second-order valence-electron chi connectivity index (χ2n) is 4.87. The highest BCUT2D eigenvalue weighted by molar-refractivity contribution is 5.69. The fraction of sp³-hybridized carbons (Fsp3) is 0.538. The Morgan fingerprint density at radius 3 is 2.75 bits per heavy atom. The number of anilines is 2. The van der Waals surface area contributed by atoms with E-state index < -0.39 is 0 Å². The highest BCUT2D eigenvalue weighted by Gasteiger charge is 2.22. The average Bonchev–Trinajstić information content (AvgIpc) is 2.22. The fourth-order valence-electron chi connectivity index (χ4n) is 2.40. The van der Waals surface area contributed by atoms with Crippen LogP contribution < -0.4 is 10.6 Å². The van der Waals surface area contributed by atoms with Gasteiger partial charge >= 0.3 is 0 Å². The lowest BCUT2D eigenvalue weighted by Gasteiger charge is -2.40. The first-order valence-corrected chi connectivity index (χ1v) is 5.89. The molecule has 1 aliphatic heterocycles. The van der Waals surface area contributed by atoms with Crippen molar-refractivity contribution in [2.24, 2.45) is 0 Å². The van der Waals surface area contributed by atoms with Crippen LogP contribution in [0.4, 0.5) is 11.4 Å². The van der Waals surface area contributed by atoms with Crippen molar-refractivity contribution in [1.29, 1.82) is 0 Å². The normalized spacial score (nSPS) is 22.4. The lowest BCUT2D eigenvalue weighted by molar-refractivity contribution is 0.276. The minimum Gasteiger partial charge on any atom is -0.397 e. The quantitative estimate of drug-likeness (QED) is 0.730. The Morgan fingerprint density at radius 2 is 2.06 bits per heavy atom. The molecule has 0 amide bonds. The van der Waals surface area contributed by atoms with Gasteiger partial charge in [0, 0.05) is 25.7 Å². The number of hydrogen-bond acceptors (Lipinski definition) is 3. The van der Waals surface area contributed by atoms with Gasteiger partial charge in [-0.15, -0.1) is 0 Å². The Balaban J connectivity index is 2.26. The van der Waals surface area contributed by atoms with E-state index in [1.165, 1.54) is 11.3 Å². The summed E-state index contributed by atoms with van der Waals surface area (Å²) < 4.78 is 0. The summed E-state index contributed by atoms with van der Waals surface area (Å²) in [7, 11) is 2.17. The second kappa shape index (κ2) is 4.34. The molecule has 0 aliphatic carbocycles. The van der Waals surface area contributed by atoms with Crippen molar-refractivity contribution in [2.45, 2.75) is 19.9 Å². The van der Waals surface area contributed by atoms with Gasteiger partial charge in [0.15, 0.2) is 0 Å². The van der Waals surface area contributed by atoms with Gasteiger partial charge in [0.05, 0.1) is 11.4 Å². The Morgan fingerprint density at radius 1 is 1.31 bits per heavy atom. The van der Waals surface area contributed by atoms with Gasteiger partial charge in [-0.1, -0.05) is 6.07 Å². The van der Waals surface area contributed by atoms with Crippen LogP contribution in [0.25, 0.3) is 0 Å². The molecule has 16 heavy (non-hydrogen) atoms. The molecular weight excluding hydrogens is 198 g/mol. The standard InChI is InChI=1S/C13H21N3/c1-10-4-5-12(14)13(8-10)16-7-6-15(3)9-11(16)2/h4-5,8,11H,6-7,9,14H2,1-3H3. The Hall–Kier alpha value is -1.22. The largest absolute Gasteiger partial charge is 0.397 e. The molecule has 2 rings (SSSR count). The first kappa shape index (κ1) is 11.3. The van der Waals surface area contributed by atoms with Crippen LogP contribution in [-0.2, 0) is 0 Å². The summed E-state index contributed by atoms with van der Waals surface area (Å²) >= 11 is 0. The highest BCUT2D eigenvalue weighted by Crippen LogP contribution is 2.27. The molecule has 1 saturated heterocycles. The predicted molar refractivity (Wildman–Crippen MR) is 69.9 cm³/mol. The Labute approximate surface area is 97.8 Å². The molecule has 0 bridgehead atoms. The van der Waals surface area contributed by atoms with Crippen LogP contribution in [0.1, 0.15) is 12.5 Å². The topological polar surface area (TPSA) is 32.5 Å². The third-order valence-corrected chi connectivity index (χ3v) is 3.33. The number of nitrogen functional groups attached to an aromatic ring is 1. The number of benzene rings is 1. The van der Waals surface area contributed by atoms with Crippen molar-refractivity contribution < 1.29 is 0 Å². The molecule has 0 radical (unpaired) electrons. The molecule has 1 fully saturated rings. The van der Waals surface area contributed by atoms with E-state index in [-0.39, 0.29) is 0 Å². The van der Waals surface area contributed by atoms with E-state index >= 15 is 0 Å². The molecule has 0 spiro atoms. The van der Waals surface area contributed by atoms with E-state index in [0.29, 0.717) is 6.04 Å². The molecule has 1 atom stereocenters. The highest BCUT2D eigenvalue weighted by atomic mass is 15.3. The van der Waals surface area contributed by atoms with Crippen LogP contribution in [0.5, 0.6) is 0 Å². The van der Waals surface area contributed by atoms with Gasteiger partial charge in [0.25, 0.3) is 0 Å². The number of nitrogens with zero attached hydrogens (tertiary/aromatic N) is 2. The fourth-order valence-corrected chi connectivity index (χ4v) is 2.40. The monoisotopic (exact) mass is 219 g/mol. The number of hydrogen-bond donors (Lipinski definition) is 1. The van der Waals surface area contributed by atoms with Crippen LogP contribution in [0.3, 0.4) is 0 Å². The van der Waals surface area contributed by atoms with Gasteiger partial charge in [-0.25, -0.2) is 0 Å². The van der Waals surface area contributed by atoms with Gasteiger partial charge < -0.3 is 15.5 Å². The van der Waals surface area contributed by atoms with Gasteiger partial charge in [0.1, 0.15) is 0 Å². The van der Waals surface area contributed by atoms with E-state index in [2.05, 4.69) is 42.8 Å². The summed E-state index contributed by atoms with van der Waals surface area (Å²) in [6, 6.07) is 6.80. The second-order valence-corrected chi connectivity index (χ2v) is 4.87. The molecule has 0 saturated carbocycles. The minimum atomic E-state index is 0.530. The van der Waals surface area contributed by atoms with E-state index in [1.54, 1.807) is 0 Å². The van der Waals surface area contributed by atoms with E-state index in [4.69, 9.17) is 5.73 Å². The van der Waals surface area contributed by atoms with Crippen molar-refractivity contribution in [3.63, 3.8) is 0 Å². The smallest absolute Gasteiger partial charge is 0.0605 e. The van der Waals surface area contributed by atoms with Crippen LogP contribution in [0.2, 0.25) is 0 Å². The summed E-state index contributed by atoms with van der Waals surface area (Å²) in [6.45, 7) is 7.65. The maximum atomic E-state index is 6.06. The number of likely N-dealkylation sites (N-methyl/N-ethyl adjacent to an activating group) is 1. The van der Waals surface area contributed by atoms with Crippen molar-refractivity contribution in [1.82, 2.24) is 4.90 Å². The van der Waals surface area contributed by atoms with E-state index in [0.717, 1.165) is 25.3 Å². The van der Waals surface area contributed by atoms with Crippen molar-refractivity contribution >= 4 is 11.4 Å². The Kier molecular flexibility index (Phi) is 3.06. The van der Waals surface area contributed by atoms with Crippen LogP contribution in [0, 0.1) is 6.92 Å². The van der Waals surface area contributed by atoms with Crippen molar-refractivity contribution in [3.05, 3.63) is 23.8 Å². The minimum absolute atomic E-state index is 0.530. The third kappa shape index (κ3) is 2.14. The van der Waals surface area contributed by atoms with Crippen LogP contribution in [0.15, 0.2) is 18.2 Å². The third-order valence-electron chi connectivity index (χ3n) is 3.33. The molecule has 3 heteroatoms. The zero-order valence-electron chi connectivity index (χ0n) is 10.4. The Bertz CT molecular complexity index is 375. The summed E-state index contributed by atoms with van der Waals surface area (Å²) in [5.74, 6) is 0. The molecule has 2 N–H and O–H groups in total. The van der Waals surface area contributed by atoms with E-state index in [9.17, 15) is 0 Å². The molecule has 88 valence electrons. The molecule has 1 aliphatic rings. The average molecular weight is 219 g/mol. The first-order valence-electron chi connectivity index (χ1n) is 5.89. The number of nitrogens with two attached hydrogens (primary N) is 1. The molecule has 1 aromatic rings. The number of piperazine rings is 1. The van der Waals surface area contributed by atoms with Gasteiger partial charge in [0.2, 0.25) is 0 Å². The summed E-state index contributed by atoms with van der Waals surface area (Å²) in [6.07, 6.45) is 0. The summed E-state index contributed by atoms with van der Waals surface area (Å²) in [4.78, 5) is 4.79. The molecular formula is C13H21N3. The molecule has 3 nitrogen and oxygen atoms in total. The molecule has 1 heterocycles. The molecule has 0 aromatic heterocycles. The number of rotatable bonds is 1. The van der Waals surface area contributed by atoms with Crippen molar-refractivity contribution in [2.75, 3.05) is 37.3 Å². The van der Waals surface area contributed by atoms with Crippen molar-refractivity contribution in [3.8, 4) is 0 Å². The zero-order chi connectivity index (χ0) is 11.7. The van der Waals surface area contributed by atoms with Crippen LogP contribution >= 0.6 is 0 Å². The maximum absolute atomic E-state index is 6.06. The lowest BCUT2D eigenvalue weighted by atomic mass is 10.1. The summed E-state index contributed by atoms with van der Waals surface area (Å²) in [5, 5.41) is 0. The van der Waals surface area contributed by atoms with Crippen LogP contribution in [-0.4, -0.2) is 37.6 Å². The van der Waals surface area contributed by atoms with Gasteiger partial charge in [-0.2, -0.15) is 0 Å².